The van der Waals surface area contributed by atoms with Crippen molar-refractivity contribution in [2.24, 2.45) is 0 Å². The van der Waals surface area contributed by atoms with Crippen molar-refractivity contribution < 1.29 is 9.18 Å². The third kappa shape index (κ3) is 2.55. The van der Waals surface area contributed by atoms with Gasteiger partial charge < -0.3 is 10.3 Å². The van der Waals surface area contributed by atoms with Crippen LogP contribution in [-0.2, 0) is 17.6 Å². The molecule has 1 unspecified atom stereocenters. The molecule has 21 heavy (non-hydrogen) atoms. The molecule has 108 valence electrons. The Kier molecular flexibility index (Phi) is 3.48. The molecular weight excluding hydrogens is 290 g/mol. The molecule has 0 fully saturated rings. The second-order valence-electron chi connectivity index (χ2n) is 4.62. The predicted molar refractivity (Wildman–Crippen MR) is 78.1 cm³/mol. The van der Waals surface area contributed by atoms with E-state index in [2.05, 4.69) is 24.9 Å². The maximum absolute atomic E-state index is 11.5. The van der Waals surface area contributed by atoms with E-state index in [1.807, 2.05) is 19.1 Å². The van der Waals surface area contributed by atoms with Gasteiger partial charge in [-0.15, -0.1) is 0 Å². The van der Waals surface area contributed by atoms with Crippen molar-refractivity contribution in [3.63, 3.8) is 0 Å². The molecule has 3 rings (SSSR count). The van der Waals surface area contributed by atoms with Crippen LogP contribution >= 0.6 is 0 Å². The average molecular weight is 303 g/mol. The van der Waals surface area contributed by atoms with Gasteiger partial charge in [-0.25, -0.2) is 14.6 Å². The standard InChI is InChI=1S/C13H13N5O2S/c1-7-9(11(14)12-13(15-7)18-20-17-12)6-8-4-3-5-10(16-8)21(2)19/h3-5H,6,14H2,1-2H3. The summed E-state index contributed by atoms with van der Waals surface area (Å²) in [6.45, 7) is 1.85. The SMILES string of the molecule is Cc1nc2nonc2c(N)c1Cc1cccc([S+](C)[O-])n1. The lowest BCUT2D eigenvalue weighted by atomic mass is 10.1. The molecule has 0 bridgehead atoms. The maximum atomic E-state index is 11.5. The van der Waals surface area contributed by atoms with Crippen LogP contribution in [0.15, 0.2) is 27.9 Å². The minimum Gasteiger partial charge on any atom is -0.610 e. The number of pyridine rings is 2. The van der Waals surface area contributed by atoms with E-state index in [-0.39, 0.29) is 0 Å². The van der Waals surface area contributed by atoms with Gasteiger partial charge in [-0.3, -0.25) is 0 Å². The third-order valence-corrected chi connectivity index (χ3v) is 4.01. The lowest BCUT2D eigenvalue weighted by Crippen LogP contribution is -2.06. The van der Waals surface area contributed by atoms with Crippen LogP contribution < -0.4 is 5.73 Å². The zero-order valence-corrected chi connectivity index (χ0v) is 12.3. The molecule has 3 heterocycles. The van der Waals surface area contributed by atoms with Gasteiger partial charge in [-0.2, -0.15) is 0 Å². The molecule has 1 atom stereocenters. The topological polar surface area (TPSA) is 114 Å². The molecule has 8 heteroatoms. The Morgan fingerprint density at radius 1 is 1.29 bits per heavy atom. The van der Waals surface area contributed by atoms with Gasteiger partial charge in [-0.1, -0.05) is 6.07 Å². The Hall–Kier alpha value is -2.19. The van der Waals surface area contributed by atoms with E-state index in [4.69, 9.17) is 5.73 Å². The summed E-state index contributed by atoms with van der Waals surface area (Å²) >= 11 is -1.12. The number of fused-ring (bicyclic) bond motifs is 1. The van der Waals surface area contributed by atoms with E-state index in [0.717, 1.165) is 17.0 Å². The summed E-state index contributed by atoms with van der Waals surface area (Å²) in [5.41, 5.74) is 9.80. The van der Waals surface area contributed by atoms with E-state index in [0.29, 0.717) is 28.3 Å². The number of nitrogens with two attached hydrogens (primary N) is 1. The molecule has 2 N–H and O–H groups in total. The second-order valence-corrected chi connectivity index (χ2v) is 5.95. The Morgan fingerprint density at radius 3 is 2.86 bits per heavy atom. The summed E-state index contributed by atoms with van der Waals surface area (Å²) in [4.78, 5) is 8.69. The summed E-state index contributed by atoms with van der Waals surface area (Å²) in [5.74, 6) is 0. The van der Waals surface area contributed by atoms with Crippen LogP contribution in [0.25, 0.3) is 11.2 Å². The molecule has 0 spiro atoms. The number of hydrogen-bond donors (Lipinski definition) is 1. The van der Waals surface area contributed by atoms with Gasteiger partial charge in [0.2, 0.25) is 10.7 Å². The lowest BCUT2D eigenvalue weighted by molar-refractivity contribution is 0.315. The highest BCUT2D eigenvalue weighted by Gasteiger charge is 2.16. The number of nitrogens with zero attached hydrogens (tertiary/aromatic N) is 4. The molecule has 3 aromatic heterocycles. The molecule has 3 aromatic rings. The van der Waals surface area contributed by atoms with Crippen molar-refractivity contribution in [3.8, 4) is 0 Å². The molecule has 0 saturated heterocycles. The molecule has 0 aromatic carbocycles. The summed E-state index contributed by atoms with van der Waals surface area (Å²) in [6.07, 6.45) is 2.08. The first-order chi connectivity index (χ1) is 10.1. The molecule has 0 amide bonds. The molecule has 0 aliphatic heterocycles. The van der Waals surface area contributed by atoms with E-state index in [1.165, 1.54) is 0 Å². The normalized spacial score (nSPS) is 12.7. The number of rotatable bonds is 3. The number of hydrogen-bond acceptors (Lipinski definition) is 7. The van der Waals surface area contributed by atoms with Gasteiger partial charge in [0.1, 0.15) is 6.26 Å². The smallest absolute Gasteiger partial charge is 0.244 e. The Balaban J connectivity index is 2.03. The van der Waals surface area contributed by atoms with Gasteiger partial charge >= 0.3 is 0 Å². The van der Waals surface area contributed by atoms with Crippen LogP contribution in [0.2, 0.25) is 0 Å². The van der Waals surface area contributed by atoms with Crippen LogP contribution in [0, 0.1) is 6.92 Å². The van der Waals surface area contributed by atoms with Crippen LogP contribution in [0.1, 0.15) is 17.0 Å². The van der Waals surface area contributed by atoms with Crippen molar-refractivity contribution in [3.05, 3.63) is 35.2 Å². The van der Waals surface area contributed by atoms with Gasteiger partial charge in [0, 0.05) is 34.9 Å². The molecule has 0 aliphatic carbocycles. The van der Waals surface area contributed by atoms with Crippen molar-refractivity contribution in [1.82, 2.24) is 20.3 Å². The van der Waals surface area contributed by atoms with E-state index in [1.54, 1.807) is 12.3 Å². The Morgan fingerprint density at radius 2 is 2.10 bits per heavy atom. The minimum atomic E-state index is -1.12. The molecular formula is C13H13N5O2S. The highest BCUT2D eigenvalue weighted by Crippen LogP contribution is 2.25. The molecule has 0 saturated carbocycles. The fourth-order valence-electron chi connectivity index (χ4n) is 2.11. The zero-order valence-electron chi connectivity index (χ0n) is 11.5. The van der Waals surface area contributed by atoms with E-state index >= 15 is 0 Å². The summed E-state index contributed by atoms with van der Waals surface area (Å²) in [5, 5.41) is 8.00. The molecule has 0 radical (unpaired) electrons. The van der Waals surface area contributed by atoms with Gasteiger partial charge in [0.05, 0.1) is 11.4 Å². The first kappa shape index (κ1) is 13.8. The number of nitrogen functional groups attached to an aromatic ring is 1. The maximum Gasteiger partial charge on any atom is 0.244 e. The zero-order chi connectivity index (χ0) is 15.0. The lowest BCUT2D eigenvalue weighted by Gasteiger charge is -2.09. The largest absolute Gasteiger partial charge is 0.610 e. The van der Waals surface area contributed by atoms with E-state index < -0.39 is 11.2 Å². The Labute approximate surface area is 123 Å². The molecule has 0 aliphatic rings. The van der Waals surface area contributed by atoms with Gasteiger partial charge in [-0.05, 0) is 23.3 Å². The number of aromatic nitrogens is 4. The highest BCUT2D eigenvalue weighted by molar-refractivity contribution is 7.90. The highest BCUT2D eigenvalue weighted by atomic mass is 32.2. The average Bonchev–Trinajstić information content (AvgIpc) is 2.92. The van der Waals surface area contributed by atoms with Crippen LogP contribution in [0.4, 0.5) is 5.69 Å². The van der Waals surface area contributed by atoms with Gasteiger partial charge in [0.15, 0.2) is 5.52 Å². The second kappa shape index (κ2) is 5.30. The monoisotopic (exact) mass is 303 g/mol. The van der Waals surface area contributed by atoms with Crippen LogP contribution in [0.5, 0.6) is 0 Å². The quantitative estimate of drug-likeness (QED) is 0.724. The summed E-state index contributed by atoms with van der Waals surface area (Å²) < 4.78 is 16.2. The Bertz CT molecular complexity index is 802. The van der Waals surface area contributed by atoms with E-state index in [9.17, 15) is 4.55 Å². The van der Waals surface area contributed by atoms with Crippen LogP contribution in [0.3, 0.4) is 0 Å². The van der Waals surface area contributed by atoms with Crippen molar-refractivity contribution in [1.29, 1.82) is 0 Å². The fourth-order valence-corrected chi connectivity index (χ4v) is 2.63. The summed E-state index contributed by atoms with van der Waals surface area (Å²) in [7, 11) is 0. The first-order valence-electron chi connectivity index (χ1n) is 6.23. The number of aryl methyl sites for hydroxylation is 1. The number of anilines is 1. The van der Waals surface area contributed by atoms with Crippen molar-refractivity contribution in [2.75, 3.05) is 12.0 Å². The fraction of sp³-hybridized carbons (Fsp3) is 0.231. The van der Waals surface area contributed by atoms with Crippen LogP contribution in [-0.4, -0.2) is 31.1 Å². The summed E-state index contributed by atoms with van der Waals surface area (Å²) in [6, 6.07) is 5.42. The first-order valence-corrected chi connectivity index (χ1v) is 7.78. The van der Waals surface area contributed by atoms with Crippen molar-refractivity contribution >= 4 is 28.0 Å². The van der Waals surface area contributed by atoms with Gasteiger partial charge in [0.25, 0.3) is 0 Å². The third-order valence-electron chi connectivity index (χ3n) is 3.20. The minimum absolute atomic E-state index is 0.394. The van der Waals surface area contributed by atoms with Crippen molar-refractivity contribution in [2.45, 2.75) is 18.4 Å². The molecule has 7 nitrogen and oxygen atoms in total. The predicted octanol–water partition coefficient (Wildman–Crippen LogP) is 1.23.